The Hall–Kier alpha value is -1.09. The molecule has 0 saturated carbocycles. The van der Waals surface area contributed by atoms with Crippen LogP contribution in [0.1, 0.15) is 11.7 Å². The summed E-state index contributed by atoms with van der Waals surface area (Å²) in [5.74, 6) is -0.0510. The van der Waals surface area contributed by atoms with Gasteiger partial charge in [0.25, 0.3) is 0 Å². The molecule has 12 heavy (non-hydrogen) atoms. The fourth-order valence-electron chi connectivity index (χ4n) is 1.12. The van der Waals surface area contributed by atoms with Crippen molar-refractivity contribution in [1.29, 1.82) is 0 Å². The number of rotatable bonds is 2. The van der Waals surface area contributed by atoms with E-state index in [1.165, 1.54) is 13.2 Å². The Morgan fingerprint density at radius 1 is 1.58 bits per heavy atom. The van der Waals surface area contributed by atoms with Gasteiger partial charge in [-0.15, -0.1) is 0 Å². The van der Waals surface area contributed by atoms with Crippen molar-refractivity contribution in [1.82, 2.24) is 0 Å². The molecule has 0 radical (unpaired) electrons. The lowest BCUT2D eigenvalue weighted by Crippen LogP contribution is -1.89. The molecule has 1 unspecified atom stereocenters. The highest BCUT2D eigenvalue weighted by atomic mass is 19.1. The molecule has 3 heteroatoms. The Bertz CT molecular complexity index is 295. The number of methoxy groups -OCH3 is 1. The maximum atomic E-state index is 13.1. The molecule has 1 aliphatic heterocycles. The van der Waals surface area contributed by atoms with E-state index in [1.807, 2.05) is 6.07 Å². The maximum absolute atomic E-state index is 13.1. The smallest absolute Gasteiger partial charge is 0.165 e. The fourth-order valence-corrected chi connectivity index (χ4v) is 1.12. The Kier molecular flexibility index (Phi) is 1.73. The van der Waals surface area contributed by atoms with Crippen LogP contribution in [-0.2, 0) is 4.74 Å². The lowest BCUT2D eigenvalue weighted by atomic mass is 10.1. The second kappa shape index (κ2) is 2.75. The lowest BCUT2D eigenvalue weighted by molar-refractivity contribution is 0.383. The molecule has 1 atom stereocenters. The molecule has 0 bridgehead atoms. The van der Waals surface area contributed by atoms with Crippen LogP contribution in [0.15, 0.2) is 18.2 Å². The normalized spacial score (nSPS) is 20.7. The van der Waals surface area contributed by atoms with Gasteiger partial charge in [0.1, 0.15) is 6.10 Å². The van der Waals surface area contributed by atoms with Crippen LogP contribution in [0.4, 0.5) is 4.39 Å². The van der Waals surface area contributed by atoms with Gasteiger partial charge in [0.15, 0.2) is 11.6 Å². The van der Waals surface area contributed by atoms with Crippen molar-refractivity contribution < 1.29 is 13.9 Å². The van der Waals surface area contributed by atoms with E-state index < -0.39 is 0 Å². The van der Waals surface area contributed by atoms with Gasteiger partial charge in [-0.3, -0.25) is 0 Å². The summed E-state index contributed by atoms with van der Waals surface area (Å²) < 4.78 is 22.9. The number of halogens is 1. The third-order valence-corrected chi connectivity index (χ3v) is 1.88. The first-order valence-corrected chi connectivity index (χ1v) is 3.76. The number of epoxide rings is 1. The molecule has 64 valence electrons. The van der Waals surface area contributed by atoms with Gasteiger partial charge in [-0.1, -0.05) is 6.07 Å². The van der Waals surface area contributed by atoms with Gasteiger partial charge < -0.3 is 9.47 Å². The highest BCUT2D eigenvalue weighted by Gasteiger charge is 2.25. The molecule has 1 aromatic carbocycles. The van der Waals surface area contributed by atoms with Gasteiger partial charge >= 0.3 is 0 Å². The molecule has 1 aromatic rings. The molecular weight excluding hydrogens is 159 g/mol. The molecular formula is C9H9FO2. The average molecular weight is 168 g/mol. The molecule has 0 aliphatic carbocycles. The van der Waals surface area contributed by atoms with E-state index >= 15 is 0 Å². The number of hydrogen-bond acceptors (Lipinski definition) is 2. The predicted molar refractivity (Wildman–Crippen MR) is 41.6 cm³/mol. The van der Waals surface area contributed by atoms with Crippen molar-refractivity contribution in [3.63, 3.8) is 0 Å². The van der Waals surface area contributed by atoms with E-state index in [-0.39, 0.29) is 17.7 Å². The average Bonchev–Trinajstić information content (AvgIpc) is 2.86. The third kappa shape index (κ3) is 1.28. The van der Waals surface area contributed by atoms with Crippen LogP contribution in [0.3, 0.4) is 0 Å². The highest BCUT2D eigenvalue weighted by molar-refractivity contribution is 5.31. The van der Waals surface area contributed by atoms with Crippen molar-refractivity contribution >= 4 is 0 Å². The summed E-state index contributed by atoms with van der Waals surface area (Å²) in [4.78, 5) is 0. The Labute approximate surface area is 69.9 Å². The van der Waals surface area contributed by atoms with Crippen molar-refractivity contribution in [2.45, 2.75) is 6.10 Å². The molecule has 1 saturated heterocycles. The second-order valence-electron chi connectivity index (χ2n) is 2.72. The molecule has 1 aliphatic rings. The number of benzene rings is 1. The Morgan fingerprint density at radius 2 is 2.33 bits per heavy atom. The summed E-state index contributed by atoms with van der Waals surface area (Å²) >= 11 is 0. The maximum Gasteiger partial charge on any atom is 0.165 e. The van der Waals surface area contributed by atoms with Crippen LogP contribution in [-0.4, -0.2) is 13.7 Å². The van der Waals surface area contributed by atoms with E-state index in [4.69, 9.17) is 9.47 Å². The molecule has 0 amide bonds. The quantitative estimate of drug-likeness (QED) is 0.629. The zero-order chi connectivity index (χ0) is 8.55. The van der Waals surface area contributed by atoms with Crippen LogP contribution in [0.2, 0.25) is 0 Å². The van der Waals surface area contributed by atoms with Crippen molar-refractivity contribution in [2.75, 3.05) is 13.7 Å². The minimum absolute atomic E-state index is 0.102. The minimum atomic E-state index is -0.328. The van der Waals surface area contributed by atoms with Crippen LogP contribution in [0, 0.1) is 5.82 Å². The summed E-state index contributed by atoms with van der Waals surface area (Å²) in [7, 11) is 1.45. The van der Waals surface area contributed by atoms with Crippen LogP contribution in [0.5, 0.6) is 5.75 Å². The van der Waals surface area contributed by atoms with Gasteiger partial charge in [0.2, 0.25) is 0 Å². The molecule has 0 spiro atoms. The van der Waals surface area contributed by atoms with Crippen molar-refractivity contribution in [3.05, 3.63) is 29.6 Å². The Balaban J connectivity index is 2.30. The van der Waals surface area contributed by atoms with Gasteiger partial charge in [-0.05, 0) is 17.7 Å². The molecule has 2 rings (SSSR count). The summed E-state index contributed by atoms with van der Waals surface area (Å²) in [5, 5.41) is 0. The van der Waals surface area contributed by atoms with Gasteiger partial charge in [0, 0.05) is 0 Å². The largest absolute Gasteiger partial charge is 0.494 e. The van der Waals surface area contributed by atoms with Crippen LogP contribution < -0.4 is 4.74 Å². The topological polar surface area (TPSA) is 21.8 Å². The standard InChI is InChI=1S/C9H9FO2/c1-11-8-3-2-6(4-7(8)10)9-5-12-9/h2-4,9H,5H2,1H3. The molecule has 1 fully saturated rings. The first kappa shape index (κ1) is 7.55. The fraction of sp³-hybridized carbons (Fsp3) is 0.333. The van der Waals surface area contributed by atoms with Crippen molar-refractivity contribution in [2.24, 2.45) is 0 Å². The highest BCUT2D eigenvalue weighted by Crippen LogP contribution is 2.31. The van der Waals surface area contributed by atoms with Gasteiger partial charge in [-0.2, -0.15) is 0 Å². The SMILES string of the molecule is COc1ccc(C2CO2)cc1F. The van der Waals surface area contributed by atoms with Crippen molar-refractivity contribution in [3.8, 4) is 5.75 Å². The summed E-state index contributed by atoms with van der Waals surface area (Å²) in [5.41, 5.74) is 0.883. The minimum Gasteiger partial charge on any atom is -0.494 e. The second-order valence-corrected chi connectivity index (χ2v) is 2.72. The molecule has 0 N–H and O–H groups in total. The van der Waals surface area contributed by atoms with Crippen LogP contribution >= 0.6 is 0 Å². The summed E-state index contributed by atoms with van der Waals surface area (Å²) in [6.07, 6.45) is 0.102. The van der Waals surface area contributed by atoms with E-state index in [0.717, 1.165) is 5.56 Å². The van der Waals surface area contributed by atoms with Gasteiger partial charge in [-0.25, -0.2) is 4.39 Å². The summed E-state index contributed by atoms with van der Waals surface area (Å²) in [6, 6.07) is 4.89. The van der Waals surface area contributed by atoms with Crippen LogP contribution in [0.25, 0.3) is 0 Å². The lowest BCUT2D eigenvalue weighted by Gasteiger charge is -2.02. The van der Waals surface area contributed by atoms with E-state index in [0.29, 0.717) is 6.61 Å². The number of ether oxygens (including phenoxy) is 2. The van der Waals surface area contributed by atoms with E-state index in [9.17, 15) is 4.39 Å². The predicted octanol–water partition coefficient (Wildman–Crippen LogP) is 1.91. The van der Waals surface area contributed by atoms with E-state index in [1.54, 1.807) is 6.07 Å². The zero-order valence-corrected chi connectivity index (χ0v) is 6.71. The zero-order valence-electron chi connectivity index (χ0n) is 6.71. The third-order valence-electron chi connectivity index (χ3n) is 1.88. The Morgan fingerprint density at radius 3 is 2.83 bits per heavy atom. The molecule has 2 nitrogen and oxygen atoms in total. The molecule has 1 heterocycles. The monoisotopic (exact) mass is 168 g/mol. The number of hydrogen-bond donors (Lipinski definition) is 0. The van der Waals surface area contributed by atoms with E-state index in [2.05, 4.69) is 0 Å². The first-order valence-electron chi connectivity index (χ1n) is 3.76. The molecule has 0 aromatic heterocycles. The first-order chi connectivity index (χ1) is 5.81. The van der Waals surface area contributed by atoms with Gasteiger partial charge in [0.05, 0.1) is 13.7 Å². The summed E-state index contributed by atoms with van der Waals surface area (Å²) in [6.45, 7) is 0.700.